The van der Waals surface area contributed by atoms with E-state index in [9.17, 15) is 44.5 Å². The Labute approximate surface area is 315 Å². The maximum Gasteiger partial charge on any atom is 0.432 e. The van der Waals surface area contributed by atoms with E-state index in [1.165, 1.54) is 25.1 Å². The molecule has 0 saturated heterocycles. The molecule has 4 fully saturated rings. The molecule has 54 heavy (non-hydrogen) atoms. The third-order valence-corrected chi connectivity index (χ3v) is 14.0. The lowest BCUT2D eigenvalue weighted by molar-refractivity contribution is -0.270. The summed E-state index contributed by atoms with van der Waals surface area (Å²) in [6.45, 7) is 5.11. The van der Waals surface area contributed by atoms with E-state index in [1.54, 1.807) is 20.8 Å². The van der Waals surface area contributed by atoms with E-state index in [2.05, 4.69) is 83.6 Å². The van der Waals surface area contributed by atoms with Gasteiger partial charge < -0.3 is 14.0 Å². The molecule has 0 amide bonds. The van der Waals surface area contributed by atoms with Gasteiger partial charge in [-0.15, -0.1) is 0 Å². The smallest absolute Gasteiger partial charge is 0.432 e. The highest BCUT2D eigenvalue weighted by atomic mass is 32.2. The van der Waals surface area contributed by atoms with E-state index in [0.717, 1.165) is 0 Å². The topological polar surface area (TPSA) is 110 Å². The Balaban J connectivity index is 0.000000262. The number of ether oxygens (including phenoxy) is 2. The normalized spacial score (nSPS) is 24.1. The number of esters is 2. The first-order chi connectivity index (χ1) is 24.2. The second-order valence-electron chi connectivity index (χ2n) is 15.0. The third-order valence-electron chi connectivity index (χ3n) is 10.8. The van der Waals surface area contributed by atoms with Gasteiger partial charge >= 0.3 is 23.4 Å². The summed E-state index contributed by atoms with van der Waals surface area (Å²) in [4.78, 5) is 27.0. The number of alkyl halides is 5. The molecule has 1 aromatic heterocycles. The van der Waals surface area contributed by atoms with Crippen molar-refractivity contribution in [1.29, 1.82) is 0 Å². The summed E-state index contributed by atoms with van der Waals surface area (Å²) in [6, 6.07) is 28.4. The van der Waals surface area contributed by atoms with Crippen LogP contribution in [0.5, 0.6) is 0 Å². The van der Waals surface area contributed by atoms with Gasteiger partial charge in [0.25, 0.3) is 6.10 Å². The largest absolute Gasteiger partial charge is 0.743 e. The molecule has 14 heteroatoms. The molecule has 1 heterocycles. The Kier molecular flexibility index (Phi) is 12.1. The molecule has 3 unspecified atom stereocenters. The van der Waals surface area contributed by atoms with Crippen LogP contribution in [-0.4, -0.2) is 48.0 Å². The molecule has 4 aromatic rings. The maximum atomic E-state index is 13.9. The van der Waals surface area contributed by atoms with Crippen LogP contribution in [0.4, 0.5) is 22.0 Å². The Hall–Kier alpha value is -3.62. The number of halogens is 5. The summed E-state index contributed by atoms with van der Waals surface area (Å²) < 4.78 is 113. The molecule has 3 aromatic carbocycles. The molecular weight excluding hydrogens is 752 g/mol. The summed E-state index contributed by atoms with van der Waals surface area (Å²) >= 11 is 0. The minimum absolute atomic E-state index is 0. The fourth-order valence-electron chi connectivity index (χ4n) is 8.37. The van der Waals surface area contributed by atoms with E-state index in [-0.39, 0.29) is 56.4 Å². The molecule has 0 radical (unpaired) electrons. The number of thiophene rings is 1. The van der Waals surface area contributed by atoms with E-state index < -0.39 is 56.0 Å². The van der Waals surface area contributed by atoms with E-state index in [0.29, 0.717) is 25.7 Å². The van der Waals surface area contributed by atoms with Crippen molar-refractivity contribution in [3.8, 4) is 4.90 Å². The van der Waals surface area contributed by atoms with E-state index in [4.69, 9.17) is 4.74 Å². The van der Waals surface area contributed by atoms with Crippen LogP contribution in [-0.2, 0) is 29.2 Å². The van der Waals surface area contributed by atoms with Crippen LogP contribution in [0.25, 0.3) is 25.1 Å². The lowest BCUT2D eigenvalue weighted by Gasteiger charge is -2.60. The monoisotopic (exact) mass is 798 g/mol. The van der Waals surface area contributed by atoms with Crippen LogP contribution < -0.4 is 0 Å². The first kappa shape index (κ1) is 43.1. The van der Waals surface area contributed by atoms with Crippen LogP contribution >= 0.6 is 10.5 Å². The molecule has 4 aliphatic rings. The number of hydrogen-bond acceptors (Lipinski definition) is 7. The zero-order valence-corrected chi connectivity index (χ0v) is 30.4. The van der Waals surface area contributed by atoms with Crippen LogP contribution in [0, 0.1) is 22.7 Å². The van der Waals surface area contributed by atoms with Crippen molar-refractivity contribution in [1.82, 2.24) is 0 Å². The fourth-order valence-corrected chi connectivity index (χ4v) is 11.2. The second kappa shape index (κ2) is 15.1. The van der Waals surface area contributed by atoms with Crippen LogP contribution in [0.2, 0.25) is 0 Å². The van der Waals surface area contributed by atoms with Crippen molar-refractivity contribution in [2.75, 3.05) is 0 Å². The first-order valence-corrected chi connectivity index (χ1v) is 19.7. The van der Waals surface area contributed by atoms with Gasteiger partial charge in [-0.2, -0.15) is 22.0 Å². The van der Waals surface area contributed by atoms with E-state index in [1.807, 2.05) is 0 Å². The predicted molar refractivity (Wildman–Crippen MR) is 199 cm³/mol. The van der Waals surface area contributed by atoms with Crippen molar-refractivity contribution in [2.45, 2.75) is 104 Å². The van der Waals surface area contributed by atoms with Gasteiger partial charge in [-0.1, -0.05) is 64.2 Å². The van der Waals surface area contributed by atoms with Gasteiger partial charge in [-0.25, -0.2) is 8.42 Å². The molecule has 8 rings (SSSR count). The minimum atomic E-state index is -6.78. The highest BCUT2D eigenvalue weighted by Gasteiger charge is 2.67. The molecule has 3 atom stereocenters. The molecule has 296 valence electrons. The summed E-state index contributed by atoms with van der Waals surface area (Å²) in [6.07, 6.45) is -8.71. The Morgan fingerprint density at radius 3 is 1.78 bits per heavy atom. The molecule has 0 N–H and O–H groups in total. The van der Waals surface area contributed by atoms with Gasteiger partial charge in [0, 0.05) is 27.7 Å². The van der Waals surface area contributed by atoms with Crippen molar-refractivity contribution in [3.05, 3.63) is 78.9 Å². The zero-order chi connectivity index (χ0) is 37.9. The SMILES string of the molecule is C.C.CCC(C)(C)C(=O)OC12CC3CC(C1)CC(C(=O)OC(C(F)(F)F)C(F)(F)S(=O)(=O)[O-])(C3)C2.c1ccc(-[s+]2c3ccccc3c3ccccc32)cc1. The van der Waals surface area contributed by atoms with Crippen molar-refractivity contribution < 1.29 is 54.0 Å². The molecular formula is C40H47F5O7S2. The van der Waals surface area contributed by atoms with Gasteiger partial charge in [-0.05, 0) is 101 Å². The number of hydrogen-bond donors (Lipinski definition) is 0. The number of rotatable bonds is 8. The van der Waals surface area contributed by atoms with Crippen LogP contribution in [0.3, 0.4) is 0 Å². The summed E-state index contributed by atoms with van der Waals surface area (Å²) in [5, 5.41) is -3.12. The standard InChI is InChI=1S/C20H27F5O7S.C18H13S.2CH4/c1-4-16(2,3)14(26)32-18-8-11-5-12(9-18)7-17(6-11,10-18)15(27)31-13(19(21,22)23)20(24,25)33(28,29)30;1-2-8-14(9-3-1)19-17-12-6-4-10-15(17)16-11-5-7-13-18(16)19;;/h11-13H,4-10H2,1-3H3,(H,28,29,30);1-13H;2*1H4/q;+1;;/p-1. The summed E-state index contributed by atoms with van der Waals surface area (Å²) in [7, 11) is -6.72. The molecule has 4 aliphatic carbocycles. The van der Waals surface area contributed by atoms with Gasteiger partial charge in [-0.3, -0.25) is 9.59 Å². The van der Waals surface area contributed by atoms with Crippen molar-refractivity contribution in [3.63, 3.8) is 0 Å². The molecule has 0 aliphatic heterocycles. The maximum absolute atomic E-state index is 13.9. The quantitative estimate of drug-likeness (QED) is 0.0755. The number of carbonyl (C=O) groups excluding carboxylic acids is 2. The molecule has 7 nitrogen and oxygen atoms in total. The fraction of sp³-hybridized carbons (Fsp3) is 0.500. The predicted octanol–water partition coefficient (Wildman–Crippen LogP) is 10.9. The number of benzene rings is 3. The Bertz CT molecular complexity index is 2030. The highest BCUT2D eigenvalue weighted by molar-refractivity contribution is 7.86. The van der Waals surface area contributed by atoms with Crippen molar-refractivity contribution >= 4 is 52.7 Å². The van der Waals surface area contributed by atoms with Gasteiger partial charge in [0.05, 0.1) is 10.8 Å². The lowest BCUT2D eigenvalue weighted by atomic mass is 9.48. The lowest BCUT2D eigenvalue weighted by Crippen LogP contribution is -2.62. The average Bonchev–Trinajstić information content (AvgIpc) is 3.40. The zero-order valence-electron chi connectivity index (χ0n) is 28.8. The van der Waals surface area contributed by atoms with Gasteiger partial charge in [0.1, 0.15) is 5.60 Å². The average molecular weight is 799 g/mol. The van der Waals surface area contributed by atoms with Crippen LogP contribution in [0.1, 0.15) is 80.6 Å². The van der Waals surface area contributed by atoms with Crippen LogP contribution in [0.15, 0.2) is 78.9 Å². The Morgan fingerprint density at radius 2 is 1.31 bits per heavy atom. The number of fused-ring (bicyclic) bond motifs is 3. The second-order valence-corrected chi connectivity index (χ2v) is 18.4. The molecule has 4 bridgehead atoms. The van der Waals surface area contributed by atoms with Gasteiger partial charge in [0.15, 0.2) is 24.4 Å². The summed E-state index contributed by atoms with van der Waals surface area (Å²) in [5.74, 6) is -2.60. The molecule has 0 spiro atoms. The van der Waals surface area contributed by atoms with Crippen molar-refractivity contribution in [2.24, 2.45) is 22.7 Å². The van der Waals surface area contributed by atoms with E-state index >= 15 is 0 Å². The summed E-state index contributed by atoms with van der Waals surface area (Å²) in [5.41, 5.74) is -3.64. The van der Waals surface area contributed by atoms with Gasteiger partial charge in [0.2, 0.25) is 0 Å². The number of carbonyl (C=O) groups is 2. The molecule has 4 saturated carbocycles. The third kappa shape index (κ3) is 7.88. The highest BCUT2D eigenvalue weighted by Crippen LogP contribution is 2.64. The first-order valence-electron chi connectivity index (χ1n) is 17.0. The minimum Gasteiger partial charge on any atom is -0.743 e. The Morgan fingerprint density at radius 1 is 0.833 bits per heavy atom.